The van der Waals surface area contributed by atoms with Gasteiger partial charge < -0.3 is 5.32 Å². The minimum absolute atomic E-state index is 0.119. The molecule has 0 fully saturated rings. The second-order valence-corrected chi connectivity index (χ2v) is 3.91. The summed E-state index contributed by atoms with van der Waals surface area (Å²) in [6.07, 6.45) is 2.27. The molecular formula is C12H15FN4. The van der Waals surface area contributed by atoms with Crippen molar-refractivity contribution >= 4 is 0 Å². The van der Waals surface area contributed by atoms with Gasteiger partial charge in [0, 0.05) is 19.0 Å². The van der Waals surface area contributed by atoms with Crippen LogP contribution in [0.5, 0.6) is 0 Å². The summed E-state index contributed by atoms with van der Waals surface area (Å²) in [5, 5.41) is 9.88. The molecule has 4 nitrogen and oxygen atoms in total. The molecule has 5 heteroatoms. The van der Waals surface area contributed by atoms with E-state index in [0.29, 0.717) is 0 Å². The SMILES string of the molecule is CC(NCCc1ncn[nH]1)c1cccc(F)c1. The van der Waals surface area contributed by atoms with Crippen molar-refractivity contribution in [2.24, 2.45) is 0 Å². The zero-order valence-corrected chi connectivity index (χ0v) is 9.65. The van der Waals surface area contributed by atoms with Crippen molar-refractivity contribution in [1.29, 1.82) is 0 Å². The van der Waals surface area contributed by atoms with Crippen LogP contribution in [0.15, 0.2) is 30.6 Å². The molecule has 0 aliphatic heterocycles. The van der Waals surface area contributed by atoms with E-state index in [2.05, 4.69) is 20.5 Å². The maximum absolute atomic E-state index is 13.0. The van der Waals surface area contributed by atoms with Crippen LogP contribution >= 0.6 is 0 Å². The summed E-state index contributed by atoms with van der Waals surface area (Å²) in [6.45, 7) is 2.78. The lowest BCUT2D eigenvalue weighted by Crippen LogP contribution is -2.21. The van der Waals surface area contributed by atoms with E-state index in [-0.39, 0.29) is 11.9 Å². The molecule has 1 heterocycles. The molecule has 0 radical (unpaired) electrons. The smallest absolute Gasteiger partial charge is 0.137 e. The highest BCUT2D eigenvalue weighted by atomic mass is 19.1. The van der Waals surface area contributed by atoms with Crippen LogP contribution < -0.4 is 5.32 Å². The molecule has 1 unspecified atom stereocenters. The Hall–Kier alpha value is -1.75. The Balaban J connectivity index is 1.83. The highest BCUT2D eigenvalue weighted by Crippen LogP contribution is 2.12. The van der Waals surface area contributed by atoms with Gasteiger partial charge in [0.25, 0.3) is 0 Å². The van der Waals surface area contributed by atoms with Gasteiger partial charge >= 0.3 is 0 Å². The van der Waals surface area contributed by atoms with Gasteiger partial charge in [0.15, 0.2) is 0 Å². The lowest BCUT2D eigenvalue weighted by atomic mass is 10.1. The summed E-state index contributed by atoms with van der Waals surface area (Å²) in [6, 6.07) is 6.75. The van der Waals surface area contributed by atoms with E-state index in [9.17, 15) is 4.39 Å². The van der Waals surface area contributed by atoms with E-state index in [4.69, 9.17) is 0 Å². The van der Waals surface area contributed by atoms with Crippen LogP contribution in [0, 0.1) is 5.82 Å². The minimum atomic E-state index is -0.202. The lowest BCUT2D eigenvalue weighted by Gasteiger charge is -2.13. The van der Waals surface area contributed by atoms with Crippen LogP contribution in [0.25, 0.3) is 0 Å². The summed E-state index contributed by atoms with van der Waals surface area (Å²) >= 11 is 0. The number of hydrogen-bond acceptors (Lipinski definition) is 3. The van der Waals surface area contributed by atoms with Crippen LogP contribution in [0.3, 0.4) is 0 Å². The Morgan fingerprint density at radius 2 is 2.35 bits per heavy atom. The number of rotatable bonds is 5. The Kier molecular flexibility index (Phi) is 3.82. The highest BCUT2D eigenvalue weighted by Gasteiger charge is 2.05. The molecule has 1 aromatic carbocycles. The Labute approximate surface area is 99.3 Å². The fourth-order valence-electron chi connectivity index (χ4n) is 1.65. The standard InChI is InChI=1S/C12H15FN4/c1-9(10-3-2-4-11(13)7-10)14-6-5-12-15-8-16-17-12/h2-4,7-9,14H,5-6H2,1H3,(H,15,16,17). The molecule has 90 valence electrons. The molecule has 2 N–H and O–H groups in total. The van der Waals surface area contributed by atoms with Gasteiger partial charge in [-0.1, -0.05) is 12.1 Å². The molecule has 0 bridgehead atoms. The van der Waals surface area contributed by atoms with Gasteiger partial charge in [-0.15, -0.1) is 0 Å². The summed E-state index contributed by atoms with van der Waals surface area (Å²) < 4.78 is 13.0. The second-order valence-electron chi connectivity index (χ2n) is 3.91. The molecule has 0 spiro atoms. The van der Waals surface area contributed by atoms with Crippen LogP contribution in [-0.4, -0.2) is 21.7 Å². The molecule has 2 aromatic rings. The molecule has 0 amide bonds. The Bertz CT molecular complexity index is 455. The highest BCUT2D eigenvalue weighted by molar-refractivity contribution is 5.19. The van der Waals surface area contributed by atoms with Crippen LogP contribution in [0.1, 0.15) is 24.4 Å². The van der Waals surface area contributed by atoms with Gasteiger partial charge in [-0.3, -0.25) is 5.10 Å². The molecule has 0 saturated carbocycles. The third-order valence-electron chi connectivity index (χ3n) is 2.63. The maximum Gasteiger partial charge on any atom is 0.137 e. The number of halogens is 1. The third kappa shape index (κ3) is 3.35. The van der Waals surface area contributed by atoms with E-state index in [1.165, 1.54) is 12.4 Å². The first-order valence-corrected chi connectivity index (χ1v) is 5.59. The zero-order chi connectivity index (χ0) is 12.1. The molecule has 17 heavy (non-hydrogen) atoms. The first-order valence-electron chi connectivity index (χ1n) is 5.59. The van der Waals surface area contributed by atoms with Crippen molar-refractivity contribution in [3.63, 3.8) is 0 Å². The van der Waals surface area contributed by atoms with Crippen molar-refractivity contribution in [3.05, 3.63) is 47.8 Å². The van der Waals surface area contributed by atoms with Gasteiger partial charge in [-0.05, 0) is 24.6 Å². The van der Waals surface area contributed by atoms with E-state index < -0.39 is 0 Å². The van der Waals surface area contributed by atoms with Crippen molar-refractivity contribution in [2.75, 3.05) is 6.54 Å². The fraction of sp³-hybridized carbons (Fsp3) is 0.333. The Morgan fingerprint density at radius 3 is 3.06 bits per heavy atom. The topological polar surface area (TPSA) is 53.6 Å². The van der Waals surface area contributed by atoms with Gasteiger partial charge in [-0.25, -0.2) is 9.37 Å². The second kappa shape index (κ2) is 5.54. The summed E-state index contributed by atoms with van der Waals surface area (Å²) in [7, 11) is 0. The molecule has 1 aromatic heterocycles. The van der Waals surface area contributed by atoms with Crippen molar-refractivity contribution < 1.29 is 4.39 Å². The Morgan fingerprint density at radius 1 is 1.47 bits per heavy atom. The summed E-state index contributed by atoms with van der Waals surface area (Å²) in [5.41, 5.74) is 0.947. The van der Waals surface area contributed by atoms with Crippen molar-refractivity contribution in [1.82, 2.24) is 20.5 Å². The predicted molar refractivity (Wildman–Crippen MR) is 62.9 cm³/mol. The monoisotopic (exact) mass is 234 g/mol. The summed E-state index contributed by atoms with van der Waals surface area (Å²) in [4.78, 5) is 4.03. The van der Waals surface area contributed by atoms with E-state index in [1.807, 2.05) is 13.0 Å². The van der Waals surface area contributed by atoms with Gasteiger partial charge in [0.1, 0.15) is 18.0 Å². The number of nitrogens with zero attached hydrogens (tertiary/aromatic N) is 2. The number of benzene rings is 1. The minimum Gasteiger partial charge on any atom is -0.310 e. The summed E-state index contributed by atoms with van der Waals surface area (Å²) in [5.74, 6) is 0.648. The van der Waals surface area contributed by atoms with Crippen LogP contribution in [-0.2, 0) is 6.42 Å². The first kappa shape index (κ1) is 11.7. The zero-order valence-electron chi connectivity index (χ0n) is 9.65. The molecule has 2 rings (SSSR count). The quantitative estimate of drug-likeness (QED) is 0.830. The number of aromatic nitrogens is 3. The normalized spacial score (nSPS) is 12.6. The maximum atomic E-state index is 13.0. The largest absolute Gasteiger partial charge is 0.310 e. The van der Waals surface area contributed by atoms with E-state index in [0.717, 1.165) is 24.4 Å². The first-order chi connectivity index (χ1) is 8.25. The van der Waals surface area contributed by atoms with Gasteiger partial charge in [0.05, 0.1) is 0 Å². The molecule has 0 saturated heterocycles. The van der Waals surface area contributed by atoms with Gasteiger partial charge in [-0.2, -0.15) is 5.10 Å². The average molecular weight is 234 g/mol. The number of nitrogens with one attached hydrogen (secondary N) is 2. The number of H-pyrrole nitrogens is 1. The number of aromatic amines is 1. The van der Waals surface area contributed by atoms with E-state index >= 15 is 0 Å². The molecular weight excluding hydrogens is 219 g/mol. The van der Waals surface area contributed by atoms with Crippen molar-refractivity contribution in [2.45, 2.75) is 19.4 Å². The van der Waals surface area contributed by atoms with Crippen LogP contribution in [0.2, 0.25) is 0 Å². The van der Waals surface area contributed by atoms with Gasteiger partial charge in [0.2, 0.25) is 0 Å². The van der Waals surface area contributed by atoms with Crippen molar-refractivity contribution in [3.8, 4) is 0 Å². The molecule has 0 aliphatic carbocycles. The average Bonchev–Trinajstić information content (AvgIpc) is 2.82. The molecule has 1 atom stereocenters. The predicted octanol–water partition coefficient (Wildman–Crippen LogP) is 1.84. The fourth-order valence-corrected chi connectivity index (χ4v) is 1.65. The molecule has 0 aliphatic rings. The lowest BCUT2D eigenvalue weighted by molar-refractivity contribution is 0.562. The van der Waals surface area contributed by atoms with E-state index in [1.54, 1.807) is 12.1 Å². The van der Waals surface area contributed by atoms with Crippen LogP contribution in [0.4, 0.5) is 4.39 Å². The third-order valence-corrected chi connectivity index (χ3v) is 2.63. The number of hydrogen-bond donors (Lipinski definition) is 2.